The summed E-state index contributed by atoms with van der Waals surface area (Å²) in [7, 11) is -4.02. The maximum Gasteiger partial charge on any atom is 0.265 e. The SMILES string of the molecule is Cc1ccc(S(=O)(=O)N(c2ccc(Br)cc2Cl)C(C)C(=O)Cl)cc1. The summed E-state index contributed by atoms with van der Waals surface area (Å²) in [6.45, 7) is 3.27. The Labute approximate surface area is 159 Å². The Morgan fingerprint density at radius 3 is 2.25 bits per heavy atom. The van der Waals surface area contributed by atoms with Crippen molar-refractivity contribution in [2.24, 2.45) is 0 Å². The average molecular weight is 451 g/mol. The van der Waals surface area contributed by atoms with Gasteiger partial charge in [-0.15, -0.1) is 0 Å². The lowest BCUT2D eigenvalue weighted by Crippen LogP contribution is -2.42. The van der Waals surface area contributed by atoms with Crippen LogP contribution in [0.1, 0.15) is 12.5 Å². The smallest absolute Gasteiger partial charge is 0.265 e. The first-order valence-electron chi connectivity index (χ1n) is 6.90. The lowest BCUT2D eigenvalue weighted by atomic mass is 10.2. The first-order valence-corrected chi connectivity index (χ1v) is 9.89. The molecule has 0 aliphatic heterocycles. The molecule has 2 aromatic rings. The minimum atomic E-state index is -4.02. The third kappa shape index (κ3) is 3.94. The van der Waals surface area contributed by atoms with Crippen LogP contribution in [0.3, 0.4) is 0 Å². The van der Waals surface area contributed by atoms with E-state index in [1.807, 2.05) is 6.92 Å². The predicted molar refractivity (Wildman–Crippen MR) is 100 cm³/mol. The van der Waals surface area contributed by atoms with Gasteiger partial charge in [-0.2, -0.15) is 0 Å². The topological polar surface area (TPSA) is 54.5 Å². The van der Waals surface area contributed by atoms with Crippen LogP contribution in [0, 0.1) is 6.92 Å². The van der Waals surface area contributed by atoms with Gasteiger partial charge in [-0.05, 0) is 55.8 Å². The second-order valence-corrected chi connectivity index (χ2v) is 8.70. The van der Waals surface area contributed by atoms with Crippen LogP contribution >= 0.6 is 39.1 Å². The Morgan fingerprint density at radius 2 is 1.75 bits per heavy atom. The number of rotatable bonds is 5. The molecule has 0 aliphatic carbocycles. The standard InChI is InChI=1S/C16H14BrCl2NO3S/c1-10-3-6-13(7-4-10)24(22,23)20(11(2)16(19)21)15-8-5-12(17)9-14(15)18/h3-9,11H,1-2H3. The summed E-state index contributed by atoms with van der Waals surface area (Å²) in [5.41, 5.74) is 1.10. The minimum Gasteiger partial charge on any atom is -0.279 e. The highest BCUT2D eigenvalue weighted by molar-refractivity contribution is 9.10. The third-order valence-corrected chi connectivity index (χ3v) is 6.42. The zero-order valence-corrected chi connectivity index (χ0v) is 16.7. The molecule has 0 amide bonds. The van der Waals surface area contributed by atoms with Gasteiger partial charge in [0.05, 0.1) is 15.6 Å². The molecular weight excluding hydrogens is 437 g/mol. The van der Waals surface area contributed by atoms with Crippen molar-refractivity contribution in [3.05, 3.63) is 57.5 Å². The van der Waals surface area contributed by atoms with E-state index in [9.17, 15) is 13.2 Å². The highest BCUT2D eigenvalue weighted by Gasteiger charge is 2.34. The summed E-state index contributed by atoms with van der Waals surface area (Å²) in [4.78, 5) is 11.7. The zero-order chi connectivity index (χ0) is 18.1. The number of carbonyl (C=O) groups excluding carboxylic acids is 1. The fourth-order valence-corrected chi connectivity index (χ4v) is 4.73. The predicted octanol–water partition coefficient (Wildman–Crippen LogP) is 4.76. The molecule has 128 valence electrons. The van der Waals surface area contributed by atoms with Crippen LogP contribution in [-0.4, -0.2) is 19.7 Å². The minimum absolute atomic E-state index is 0.0526. The van der Waals surface area contributed by atoms with Crippen LogP contribution in [0.2, 0.25) is 5.02 Å². The second-order valence-electron chi connectivity index (χ2n) is 5.19. The van der Waals surface area contributed by atoms with E-state index >= 15 is 0 Å². The molecule has 0 radical (unpaired) electrons. The van der Waals surface area contributed by atoms with Crippen LogP contribution in [0.5, 0.6) is 0 Å². The first kappa shape index (κ1) is 19.2. The van der Waals surface area contributed by atoms with Crippen molar-refractivity contribution in [2.75, 3.05) is 4.31 Å². The average Bonchev–Trinajstić information content (AvgIpc) is 2.49. The van der Waals surface area contributed by atoms with E-state index in [1.54, 1.807) is 24.3 Å². The molecule has 1 unspecified atom stereocenters. The van der Waals surface area contributed by atoms with Crippen molar-refractivity contribution in [1.29, 1.82) is 0 Å². The molecule has 2 aromatic carbocycles. The van der Waals surface area contributed by atoms with E-state index in [2.05, 4.69) is 15.9 Å². The molecular formula is C16H14BrCl2NO3S. The van der Waals surface area contributed by atoms with Crippen LogP contribution in [0.25, 0.3) is 0 Å². The van der Waals surface area contributed by atoms with E-state index in [1.165, 1.54) is 25.1 Å². The van der Waals surface area contributed by atoms with Gasteiger partial charge >= 0.3 is 0 Å². The number of nitrogens with zero attached hydrogens (tertiary/aromatic N) is 1. The fourth-order valence-electron chi connectivity index (χ4n) is 2.12. The van der Waals surface area contributed by atoms with Crippen molar-refractivity contribution in [1.82, 2.24) is 0 Å². The highest BCUT2D eigenvalue weighted by Crippen LogP contribution is 2.34. The van der Waals surface area contributed by atoms with Gasteiger partial charge in [-0.25, -0.2) is 8.42 Å². The summed E-state index contributed by atoms with van der Waals surface area (Å²) in [5.74, 6) is 0. The van der Waals surface area contributed by atoms with Gasteiger partial charge in [0.25, 0.3) is 10.0 Å². The number of halogens is 3. The number of sulfonamides is 1. The first-order chi connectivity index (χ1) is 11.1. The van der Waals surface area contributed by atoms with Crippen molar-refractivity contribution in [2.45, 2.75) is 24.8 Å². The number of anilines is 1. The Kier molecular flexibility index (Phi) is 5.96. The number of hydrogen-bond donors (Lipinski definition) is 0. The maximum absolute atomic E-state index is 13.1. The summed E-state index contributed by atoms with van der Waals surface area (Å²) in [5, 5.41) is -0.616. The molecule has 0 saturated heterocycles. The Bertz CT molecular complexity index is 869. The Hall–Kier alpha value is -1.08. The van der Waals surface area contributed by atoms with Crippen LogP contribution in [0.4, 0.5) is 5.69 Å². The number of benzene rings is 2. The molecule has 0 bridgehead atoms. The summed E-state index contributed by atoms with van der Waals surface area (Å²) in [6.07, 6.45) is 0. The largest absolute Gasteiger partial charge is 0.279 e. The third-order valence-electron chi connectivity index (χ3n) is 3.41. The zero-order valence-electron chi connectivity index (χ0n) is 12.8. The monoisotopic (exact) mass is 449 g/mol. The van der Waals surface area contributed by atoms with E-state index in [4.69, 9.17) is 23.2 Å². The molecule has 0 aromatic heterocycles. The molecule has 0 spiro atoms. The molecule has 0 saturated carbocycles. The van der Waals surface area contributed by atoms with Gasteiger partial charge in [0.2, 0.25) is 5.24 Å². The summed E-state index contributed by atoms with van der Waals surface area (Å²) >= 11 is 15.0. The van der Waals surface area contributed by atoms with Gasteiger partial charge < -0.3 is 0 Å². The molecule has 8 heteroatoms. The lowest BCUT2D eigenvalue weighted by molar-refractivity contribution is -0.112. The molecule has 0 aliphatic rings. The fraction of sp³-hybridized carbons (Fsp3) is 0.188. The molecule has 0 N–H and O–H groups in total. The maximum atomic E-state index is 13.1. The molecule has 2 rings (SSSR count). The Balaban J connectivity index is 2.66. The molecule has 24 heavy (non-hydrogen) atoms. The second kappa shape index (κ2) is 7.44. The molecule has 4 nitrogen and oxygen atoms in total. The number of hydrogen-bond acceptors (Lipinski definition) is 3. The summed E-state index contributed by atoms with van der Waals surface area (Å²) in [6, 6.07) is 9.93. The molecule has 1 atom stereocenters. The van der Waals surface area contributed by atoms with E-state index < -0.39 is 21.3 Å². The quantitative estimate of drug-likeness (QED) is 0.617. The van der Waals surface area contributed by atoms with Gasteiger partial charge in [0, 0.05) is 4.47 Å². The normalized spacial score (nSPS) is 12.7. The van der Waals surface area contributed by atoms with E-state index in [0.717, 1.165) is 9.87 Å². The lowest BCUT2D eigenvalue weighted by Gasteiger charge is -2.29. The number of aryl methyl sites for hydroxylation is 1. The molecule has 0 fully saturated rings. The van der Waals surface area contributed by atoms with Gasteiger partial charge in [-0.3, -0.25) is 9.10 Å². The van der Waals surface area contributed by atoms with Crippen molar-refractivity contribution >= 4 is 60.1 Å². The van der Waals surface area contributed by atoms with Crippen molar-refractivity contribution < 1.29 is 13.2 Å². The van der Waals surface area contributed by atoms with Crippen molar-refractivity contribution in [3.63, 3.8) is 0 Å². The van der Waals surface area contributed by atoms with Crippen LogP contribution in [-0.2, 0) is 14.8 Å². The summed E-state index contributed by atoms with van der Waals surface area (Å²) < 4.78 is 27.8. The van der Waals surface area contributed by atoms with Gasteiger partial charge in [0.15, 0.2) is 0 Å². The van der Waals surface area contributed by atoms with E-state index in [0.29, 0.717) is 4.47 Å². The van der Waals surface area contributed by atoms with E-state index in [-0.39, 0.29) is 15.6 Å². The van der Waals surface area contributed by atoms with Gasteiger partial charge in [0.1, 0.15) is 6.04 Å². The molecule has 0 heterocycles. The Morgan fingerprint density at radius 1 is 1.17 bits per heavy atom. The van der Waals surface area contributed by atoms with Crippen LogP contribution in [0.15, 0.2) is 51.8 Å². The van der Waals surface area contributed by atoms with Gasteiger partial charge in [-0.1, -0.05) is 45.2 Å². The van der Waals surface area contributed by atoms with Crippen molar-refractivity contribution in [3.8, 4) is 0 Å². The number of carbonyl (C=O) groups is 1. The highest BCUT2D eigenvalue weighted by atomic mass is 79.9. The van der Waals surface area contributed by atoms with Crippen LogP contribution < -0.4 is 4.31 Å².